The Balaban J connectivity index is 1.63. The SMILES string of the molecule is CC(C)(C)OC(=O)N1CC(Nc2nccc3cc(O)ccc23)C1. The molecule has 0 atom stereocenters. The first-order valence-electron chi connectivity index (χ1n) is 7.64. The maximum atomic E-state index is 11.9. The molecule has 1 aliphatic heterocycles. The highest BCUT2D eigenvalue weighted by Gasteiger charge is 2.33. The van der Waals surface area contributed by atoms with Crippen LogP contribution in [0.1, 0.15) is 20.8 Å². The number of ether oxygens (including phenoxy) is 1. The van der Waals surface area contributed by atoms with Gasteiger partial charge in [-0.15, -0.1) is 0 Å². The van der Waals surface area contributed by atoms with Crippen LogP contribution >= 0.6 is 0 Å². The zero-order chi connectivity index (χ0) is 16.6. The van der Waals surface area contributed by atoms with Crippen LogP contribution in [0.5, 0.6) is 5.75 Å². The van der Waals surface area contributed by atoms with E-state index in [-0.39, 0.29) is 17.9 Å². The standard InChI is InChI=1S/C17H21N3O3/c1-17(2,3)23-16(22)20-9-12(10-20)19-15-14-5-4-13(21)8-11(14)6-7-18-15/h4-8,12,21H,9-10H2,1-3H3,(H,18,19). The molecule has 2 heterocycles. The number of pyridine rings is 1. The molecule has 3 rings (SSSR count). The van der Waals surface area contributed by atoms with Crippen LogP contribution in [0.3, 0.4) is 0 Å². The number of nitrogens with zero attached hydrogens (tertiary/aromatic N) is 2. The first kappa shape index (κ1) is 15.4. The Morgan fingerprint density at radius 2 is 2.09 bits per heavy atom. The van der Waals surface area contributed by atoms with Gasteiger partial charge in [0.25, 0.3) is 0 Å². The van der Waals surface area contributed by atoms with Gasteiger partial charge in [0.05, 0.1) is 6.04 Å². The minimum atomic E-state index is -0.477. The van der Waals surface area contributed by atoms with E-state index >= 15 is 0 Å². The van der Waals surface area contributed by atoms with Crippen molar-refractivity contribution in [2.75, 3.05) is 18.4 Å². The van der Waals surface area contributed by atoms with Gasteiger partial charge in [-0.2, -0.15) is 0 Å². The van der Waals surface area contributed by atoms with Crippen molar-refractivity contribution in [3.05, 3.63) is 30.5 Å². The summed E-state index contributed by atoms with van der Waals surface area (Å²) < 4.78 is 5.34. The number of fused-ring (bicyclic) bond motifs is 1. The van der Waals surface area contributed by atoms with Gasteiger partial charge in [-0.3, -0.25) is 0 Å². The lowest BCUT2D eigenvalue weighted by Crippen LogP contribution is -2.58. The fourth-order valence-electron chi connectivity index (χ4n) is 2.52. The zero-order valence-corrected chi connectivity index (χ0v) is 13.5. The van der Waals surface area contributed by atoms with E-state index in [0.29, 0.717) is 13.1 Å². The number of hydrogen-bond acceptors (Lipinski definition) is 5. The highest BCUT2D eigenvalue weighted by Crippen LogP contribution is 2.26. The number of amides is 1. The molecule has 6 heteroatoms. The van der Waals surface area contributed by atoms with Crippen molar-refractivity contribution in [2.45, 2.75) is 32.4 Å². The third-order valence-corrected chi connectivity index (χ3v) is 3.62. The number of aromatic hydroxyl groups is 1. The second-order valence-electron chi connectivity index (χ2n) is 6.79. The number of rotatable bonds is 2. The van der Waals surface area contributed by atoms with Crippen molar-refractivity contribution in [3.8, 4) is 5.75 Å². The Morgan fingerprint density at radius 1 is 1.35 bits per heavy atom. The molecule has 122 valence electrons. The van der Waals surface area contributed by atoms with Crippen LogP contribution in [0.15, 0.2) is 30.5 Å². The number of likely N-dealkylation sites (tertiary alicyclic amines) is 1. The third-order valence-electron chi connectivity index (χ3n) is 3.62. The smallest absolute Gasteiger partial charge is 0.410 e. The quantitative estimate of drug-likeness (QED) is 0.891. The molecule has 6 nitrogen and oxygen atoms in total. The Labute approximate surface area is 135 Å². The number of aromatic nitrogens is 1. The van der Waals surface area contributed by atoms with Crippen molar-refractivity contribution in [1.29, 1.82) is 0 Å². The topological polar surface area (TPSA) is 74.7 Å². The lowest BCUT2D eigenvalue weighted by Gasteiger charge is -2.40. The fourth-order valence-corrected chi connectivity index (χ4v) is 2.52. The van der Waals surface area contributed by atoms with Gasteiger partial charge in [0.1, 0.15) is 17.2 Å². The lowest BCUT2D eigenvalue weighted by atomic mass is 10.1. The van der Waals surface area contributed by atoms with Gasteiger partial charge in [-0.1, -0.05) is 0 Å². The largest absolute Gasteiger partial charge is 0.508 e. The van der Waals surface area contributed by atoms with Crippen molar-refractivity contribution in [1.82, 2.24) is 9.88 Å². The van der Waals surface area contributed by atoms with Gasteiger partial charge >= 0.3 is 6.09 Å². The number of anilines is 1. The predicted molar refractivity (Wildman–Crippen MR) is 88.6 cm³/mol. The molecule has 1 amide bonds. The third kappa shape index (κ3) is 3.47. The monoisotopic (exact) mass is 315 g/mol. The van der Waals surface area contributed by atoms with E-state index in [2.05, 4.69) is 10.3 Å². The molecule has 0 spiro atoms. The van der Waals surface area contributed by atoms with Crippen LogP contribution in [0.4, 0.5) is 10.6 Å². The van der Waals surface area contributed by atoms with E-state index in [0.717, 1.165) is 16.6 Å². The Hall–Kier alpha value is -2.50. The number of phenols is 1. The van der Waals surface area contributed by atoms with Crippen molar-refractivity contribution in [3.63, 3.8) is 0 Å². The average molecular weight is 315 g/mol. The summed E-state index contributed by atoms with van der Waals surface area (Å²) >= 11 is 0. The second kappa shape index (κ2) is 5.61. The summed E-state index contributed by atoms with van der Waals surface area (Å²) in [6.45, 7) is 6.75. The van der Waals surface area contributed by atoms with Crippen molar-refractivity contribution >= 4 is 22.7 Å². The molecule has 1 aromatic heterocycles. The van der Waals surface area contributed by atoms with E-state index in [1.807, 2.05) is 32.9 Å². The van der Waals surface area contributed by atoms with Crippen molar-refractivity contribution in [2.24, 2.45) is 0 Å². The van der Waals surface area contributed by atoms with Crippen LogP contribution in [0.25, 0.3) is 10.8 Å². The van der Waals surface area contributed by atoms with Gasteiger partial charge in [0.15, 0.2) is 0 Å². The second-order valence-corrected chi connectivity index (χ2v) is 6.79. The normalized spacial score (nSPS) is 15.3. The highest BCUT2D eigenvalue weighted by atomic mass is 16.6. The predicted octanol–water partition coefficient (Wildman–Crippen LogP) is 2.97. The van der Waals surface area contributed by atoms with Gasteiger partial charge in [0.2, 0.25) is 0 Å². The average Bonchev–Trinajstić information content (AvgIpc) is 2.39. The van der Waals surface area contributed by atoms with E-state index < -0.39 is 5.60 Å². The molecule has 0 bridgehead atoms. The number of carbonyl (C=O) groups excluding carboxylic acids is 1. The molecule has 1 saturated heterocycles. The lowest BCUT2D eigenvalue weighted by molar-refractivity contribution is 0.0105. The molecule has 0 aliphatic carbocycles. The molecule has 23 heavy (non-hydrogen) atoms. The summed E-state index contributed by atoms with van der Waals surface area (Å²) in [5.74, 6) is 0.991. The molecular formula is C17H21N3O3. The van der Waals surface area contributed by atoms with Gasteiger partial charge in [-0.25, -0.2) is 9.78 Å². The Kier molecular flexibility index (Phi) is 3.75. The van der Waals surface area contributed by atoms with Crippen LogP contribution in [-0.2, 0) is 4.74 Å². The molecule has 2 N–H and O–H groups in total. The fraction of sp³-hybridized carbons (Fsp3) is 0.412. The van der Waals surface area contributed by atoms with Crippen LogP contribution in [0, 0.1) is 0 Å². The van der Waals surface area contributed by atoms with E-state index in [9.17, 15) is 9.90 Å². The number of carbonyl (C=O) groups is 1. The molecule has 0 saturated carbocycles. The summed E-state index contributed by atoms with van der Waals surface area (Å²) in [6.07, 6.45) is 1.42. The molecular weight excluding hydrogens is 294 g/mol. The minimum absolute atomic E-state index is 0.148. The minimum Gasteiger partial charge on any atom is -0.508 e. The van der Waals surface area contributed by atoms with E-state index in [4.69, 9.17) is 4.74 Å². The Morgan fingerprint density at radius 3 is 2.78 bits per heavy atom. The summed E-state index contributed by atoms with van der Waals surface area (Å²) in [5.41, 5.74) is -0.477. The van der Waals surface area contributed by atoms with Gasteiger partial charge in [0, 0.05) is 24.7 Å². The molecule has 2 aromatic rings. The molecule has 0 radical (unpaired) electrons. The highest BCUT2D eigenvalue weighted by molar-refractivity contribution is 5.92. The van der Waals surface area contributed by atoms with Gasteiger partial charge in [-0.05, 0) is 50.4 Å². The molecule has 1 fully saturated rings. The number of nitrogens with one attached hydrogen (secondary N) is 1. The van der Waals surface area contributed by atoms with E-state index in [1.165, 1.54) is 0 Å². The van der Waals surface area contributed by atoms with Crippen LogP contribution in [0.2, 0.25) is 0 Å². The molecule has 1 aromatic carbocycles. The van der Waals surface area contributed by atoms with Crippen LogP contribution < -0.4 is 5.32 Å². The summed E-state index contributed by atoms with van der Waals surface area (Å²) in [5, 5.41) is 14.8. The number of hydrogen-bond donors (Lipinski definition) is 2. The van der Waals surface area contributed by atoms with E-state index in [1.54, 1.807) is 23.2 Å². The van der Waals surface area contributed by atoms with Gasteiger partial charge < -0.3 is 20.1 Å². The maximum absolute atomic E-state index is 11.9. The maximum Gasteiger partial charge on any atom is 0.410 e. The summed E-state index contributed by atoms with van der Waals surface area (Å²) in [6, 6.07) is 7.19. The first-order chi connectivity index (χ1) is 10.8. The molecule has 1 aliphatic rings. The molecule has 0 unspecified atom stereocenters. The Bertz CT molecular complexity index is 733. The zero-order valence-electron chi connectivity index (χ0n) is 13.5. The first-order valence-corrected chi connectivity index (χ1v) is 7.64. The van der Waals surface area contributed by atoms with Crippen molar-refractivity contribution < 1.29 is 14.6 Å². The summed E-state index contributed by atoms with van der Waals surface area (Å²) in [7, 11) is 0. The summed E-state index contributed by atoms with van der Waals surface area (Å²) in [4.78, 5) is 17.9. The van der Waals surface area contributed by atoms with Crippen LogP contribution in [-0.4, -0.2) is 45.8 Å². The number of phenolic OH excluding ortho intramolecular Hbond substituents is 1. The number of benzene rings is 1.